The highest BCUT2D eigenvalue weighted by atomic mass is 79.9. The number of hydrogen-bond acceptors (Lipinski definition) is 2. The van der Waals surface area contributed by atoms with E-state index < -0.39 is 29.2 Å². The fourth-order valence-corrected chi connectivity index (χ4v) is 1.97. The Balaban J connectivity index is 3.12. The topological polar surface area (TPSA) is 26.3 Å². The normalized spacial score (nSPS) is 13.7. The molecule has 1 aromatic carbocycles. The Morgan fingerprint density at radius 3 is 2.05 bits per heavy atom. The first kappa shape index (κ1) is 17.8. The van der Waals surface area contributed by atoms with Crippen LogP contribution in [0.5, 0.6) is 0 Å². The molecule has 1 aromatic rings. The number of halogens is 4. The second-order valence-corrected chi connectivity index (χ2v) is 6.47. The standard InChI is InChI=1S/C15H16BrF3O2/c1-9(13(20)21-14(2,3)4)12(15(17,18)19)10-5-7-11(16)8-6-10/h5-8,12H,1H2,2-4H3. The highest BCUT2D eigenvalue weighted by Gasteiger charge is 2.45. The molecular weight excluding hydrogens is 349 g/mol. The zero-order valence-corrected chi connectivity index (χ0v) is 13.5. The van der Waals surface area contributed by atoms with Crippen LogP contribution in [-0.4, -0.2) is 17.7 Å². The highest BCUT2D eigenvalue weighted by molar-refractivity contribution is 9.10. The first-order valence-corrected chi connectivity index (χ1v) is 6.95. The van der Waals surface area contributed by atoms with Gasteiger partial charge in [0, 0.05) is 10.0 Å². The molecule has 0 aliphatic heterocycles. The highest BCUT2D eigenvalue weighted by Crippen LogP contribution is 2.40. The number of benzene rings is 1. The van der Waals surface area contributed by atoms with E-state index >= 15 is 0 Å². The van der Waals surface area contributed by atoms with Crippen LogP contribution in [0.15, 0.2) is 40.9 Å². The quantitative estimate of drug-likeness (QED) is 0.557. The summed E-state index contributed by atoms with van der Waals surface area (Å²) in [5, 5.41) is 0. The molecule has 0 aliphatic carbocycles. The molecule has 0 aliphatic rings. The van der Waals surface area contributed by atoms with E-state index in [9.17, 15) is 18.0 Å². The number of ether oxygens (including phenoxy) is 1. The lowest BCUT2D eigenvalue weighted by atomic mass is 9.91. The third-order valence-electron chi connectivity index (χ3n) is 2.54. The van der Waals surface area contributed by atoms with Gasteiger partial charge in [0.05, 0.1) is 0 Å². The Bertz CT molecular complexity index is 527. The van der Waals surface area contributed by atoms with Gasteiger partial charge in [-0.1, -0.05) is 34.6 Å². The number of carbonyl (C=O) groups excluding carboxylic acids is 1. The van der Waals surface area contributed by atoms with Crippen molar-refractivity contribution in [3.05, 3.63) is 46.5 Å². The fraction of sp³-hybridized carbons (Fsp3) is 0.400. The minimum absolute atomic E-state index is 0.0541. The van der Waals surface area contributed by atoms with Gasteiger partial charge in [0.25, 0.3) is 0 Å². The van der Waals surface area contributed by atoms with E-state index in [0.29, 0.717) is 4.47 Å². The number of esters is 1. The Morgan fingerprint density at radius 2 is 1.67 bits per heavy atom. The molecule has 0 saturated heterocycles. The second-order valence-electron chi connectivity index (χ2n) is 5.55. The third kappa shape index (κ3) is 5.19. The average Bonchev–Trinajstić information content (AvgIpc) is 2.27. The minimum atomic E-state index is -4.62. The smallest absolute Gasteiger partial charge is 0.399 e. The summed E-state index contributed by atoms with van der Waals surface area (Å²) in [6, 6.07) is 5.57. The van der Waals surface area contributed by atoms with Crippen LogP contribution in [0.1, 0.15) is 32.3 Å². The third-order valence-corrected chi connectivity index (χ3v) is 3.07. The molecule has 1 rings (SSSR count). The van der Waals surface area contributed by atoms with Crippen molar-refractivity contribution in [1.29, 1.82) is 0 Å². The van der Waals surface area contributed by atoms with Gasteiger partial charge in [0.15, 0.2) is 0 Å². The van der Waals surface area contributed by atoms with E-state index in [1.165, 1.54) is 24.3 Å². The second kappa shape index (κ2) is 6.22. The van der Waals surface area contributed by atoms with E-state index in [0.717, 1.165) is 0 Å². The van der Waals surface area contributed by atoms with Gasteiger partial charge in [-0.25, -0.2) is 4.79 Å². The molecule has 0 N–H and O–H groups in total. The molecule has 0 spiro atoms. The van der Waals surface area contributed by atoms with Gasteiger partial charge in [-0.2, -0.15) is 13.2 Å². The molecule has 0 heterocycles. The first-order chi connectivity index (χ1) is 9.42. The van der Waals surface area contributed by atoms with Gasteiger partial charge in [-0.15, -0.1) is 0 Å². The van der Waals surface area contributed by atoms with Gasteiger partial charge in [0.1, 0.15) is 11.5 Å². The SMILES string of the molecule is C=C(C(=O)OC(C)(C)C)C(c1ccc(Br)cc1)C(F)(F)F. The van der Waals surface area contributed by atoms with Crippen LogP contribution in [-0.2, 0) is 9.53 Å². The van der Waals surface area contributed by atoms with Crippen molar-refractivity contribution >= 4 is 21.9 Å². The molecule has 2 nitrogen and oxygen atoms in total. The molecule has 0 fully saturated rings. The fourth-order valence-electron chi connectivity index (χ4n) is 1.70. The molecule has 0 amide bonds. The molecule has 1 unspecified atom stereocenters. The summed E-state index contributed by atoms with van der Waals surface area (Å²) in [5.74, 6) is -3.13. The van der Waals surface area contributed by atoms with E-state index in [1.807, 2.05) is 0 Å². The largest absolute Gasteiger partial charge is 0.457 e. The zero-order chi connectivity index (χ0) is 16.4. The van der Waals surface area contributed by atoms with Crippen LogP contribution in [0.25, 0.3) is 0 Å². The van der Waals surface area contributed by atoms with Crippen molar-refractivity contribution in [2.45, 2.75) is 38.5 Å². The molecule has 0 saturated carbocycles. The molecule has 6 heteroatoms. The molecule has 21 heavy (non-hydrogen) atoms. The Kier molecular flexibility index (Phi) is 5.25. The van der Waals surface area contributed by atoms with Crippen LogP contribution in [0.4, 0.5) is 13.2 Å². The van der Waals surface area contributed by atoms with Gasteiger partial charge < -0.3 is 4.74 Å². The van der Waals surface area contributed by atoms with Crippen molar-refractivity contribution in [3.63, 3.8) is 0 Å². The number of rotatable bonds is 3. The van der Waals surface area contributed by atoms with Crippen LogP contribution in [0, 0.1) is 0 Å². The molecule has 0 aromatic heterocycles. The van der Waals surface area contributed by atoms with Crippen molar-refractivity contribution in [2.75, 3.05) is 0 Å². The molecule has 1 atom stereocenters. The molecular formula is C15H16BrF3O2. The summed E-state index contributed by atoms with van der Waals surface area (Å²) in [6.45, 7) is 8.05. The molecule has 0 radical (unpaired) electrons. The van der Waals surface area contributed by atoms with Crippen molar-refractivity contribution < 1.29 is 22.7 Å². The Hall–Kier alpha value is -1.30. The summed E-state index contributed by atoms with van der Waals surface area (Å²) < 4.78 is 45.4. The maximum atomic E-state index is 13.3. The van der Waals surface area contributed by atoms with Gasteiger partial charge in [-0.05, 0) is 38.5 Å². The summed E-state index contributed by atoms with van der Waals surface area (Å²) in [7, 11) is 0. The number of carbonyl (C=O) groups is 1. The van der Waals surface area contributed by atoms with Gasteiger partial charge in [-0.3, -0.25) is 0 Å². The predicted octanol–water partition coefficient (Wildman–Crippen LogP) is 4.99. The summed E-state index contributed by atoms with van der Waals surface area (Å²) in [6.07, 6.45) is -4.62. The minimum Gasteiger partial charge on any atom is -0.457 e. The van der Waals surface area contributed by atoms with Gasteiger partial charge >= 0.3 is 12.1 Å². The van der Waals surface area contributed by atoms with Crippen LogP contribution in [0.3, 0.4) is 0 Å². The maximum Gasteiger partial charge on any atom is 0.399 e. The Labute approximate surface area is 130 Å². The van der Waals surface area contributed by atoms with E-state index in [-0.39, 0.29) is 5.56 Å². The maximum absolute atomic E-state index is 13.3. The van der Waals surface area contributed by atoms with E-state index in [2.05, 4.69) is 22.5 Å². The molecule has 0 bridgehead atoms. The van der Waals surface area contributed by atoms with Crippen molar-refractivity contribution in [2.24, 2.45) is 0 Å². The lowest BCUT2D eigenvalue weighted by Gasteiger charge is -2.25. The van der Waals surface area contributed by atoms with Crippen LogP contribution < -0.4 is 0 Å². The van der Waals surface area contributed by atoms with Gasteiger partial charge in [0.2, 0.25) is 0 Å². The van der Waals surface area contributed by atoms with Crippen molar-refractivity contribution in [1.82, 2.24) is 0 Å². The van der Waals surface area contributed by atoms with E-state index in [1.54, 1.807) is 20.8 Å². The molecule has 116 valence electrons. The zero-order valence-electron chi connectivity index (χ0n) is 11.9. The van der Waals surface area contributed by atoms with Crippen molar-refractivity contribution in [3.8, 4) is 0 Å². The van der Waals surface area contributed by atoms with E-state index in [4.69, 9.17) is 4.74 Å². The summed E-state index contributed by atoms with van der Waals surface area (Å²) in [4.78, 5) is 11.9. The number of hydrogen-bond donors (Lipinski definition) is 0. The van der Waals surface area contributed by atoms with Crippen LogP contribution >= 0.6 is 15.9 Å². The summed E-state index contributed by atoms with van der Waals surface area (Å²) in [5.41, 5.74) is -1.56. The summed E-state index contributed by atoms with van der Waals surface area (Å²) >= 11 is 3.16. The monoisotopic (exact) mass is 364 g/mol. The van der Waals surface area contributed by atoms with Crippen LogP contribution in [0.2, 0.25) is 0 Å². The first-order valence-electron chi connectivity index (χ1n) is 6.16. The average molecular weight is 365 g/mol. The lowest BCUT2D eigenvalue weighted by Crippen LogP contribution is -2.31. The lowest BCUT2D eigenvalue weighted by molar-refractivity contribution is -0.161. The predicted molar refractivity (Wildman–Crippen MR) is 77.9 cm³/mol. The Morgan fingerprint density at radius 1 is 1.19 bits per heavy atom. The number of alkyl halides is 3.